The van der Waals surface area contributed by atoms with Crippen LogP contribution in [0.5, 0.6) is 0 Å². The van der Waals surface area contributed by atoms with Crippen molar-refractivity contribution in [1.82, 2.24) is 48.0 Å². The highest BCUT2D eigenvalue weighted by Gasteiger charge is 2.36. The second-order valence-corrected chi connectivity index (χ2v) is 36.0. The number of nitrogens with one attached hydrogen (secondary N) is 10. The van der Waals surface area contributed by atoms with Gasteiger partial charge in [0.15, 0.2) is 23.1 Å². The highest BCUT2D eigenvalue weighted by molar-refractivity contribution is 7.90. The van der Waals surface area contributed by atoms with Crippen LogP contribution >= 0.6 is 0 Å². The Labute approximate surface area is 731 Å². The van der Waals surface area contributed by atoms with E-state index in [-0.39, 0.29) is 121 Å². The number of nitrogens with zero attached hydrogens (tertiary/aromatic N) is 14. The summed E-state index contributed by atoms with van der Waals surface area (Å²) in [4.78, 5) is 69.3. The smallest absolute Gasteiger partial charge is 0.421 e. The lowest BCUT2D eigenvalue weighted by Gasteiger charge is -2.23. The molecule has 0 saturated heterocycles. The van der Waals surface area contributed by atoms with Gasteiger partial charge in [-0.3, -0.25) is 23.4 Å². The van der Waals surface area contributed by atoms with E-state index in [0.29, 0.717) is 121 Å². The Bertz CT molecular complexity index is 6280. The van der Waals surface area contributed by atoms with E-state index in [0.717, 1.165) is 7.11 Å². The number of carbonyl (C=O) groups excluding carboxylic acids is 4. The molecule has 127 heavy (non-hydrogen) atoms. The molecule has 40 nitrogen and oxygen atoms in total. The van der Waals surface area contributed by atoms with E-state index >= 15 is 0 Å². The predicted molar refractivity (Wildman–Crippen MR) is 469 cm³/mol. The number of fused-ring (bicyclic) bond motifs is 4. The fourth-order valence-electron chi connectivity index (χ4n) is 12.7. The number of anilines is 4. The lowest BCUT2D eigenvalue weighted by molar-refractivity contribution is -0.657. The van der Waals surface area contributed by atoms with Crippen LogP contribution in [0.3, 0.4) is 0 Å². The van der Waals surface area contributed by atoms with Gasteiger partial charge in [-0.25, -0.2) is 89.2 Å². The molecular formula is C82H89N24O16S5+. The number of hydrogen-bond acceptors (Lipinski definition) is 30. The Morgan fingerprint density at radius 3 is 0.843 bits per heavy atom. The van der Waals surface area contributed by atoms with Crippen LogP contribution in [0.15, 0.2) is 280 Å². The zero-order valence-corrected chi connectivity index (χ0v) is 72.2. The quantitative estimate of drug-likeness (QED) is 0.00568. The third-order valence-electron chi connectivity index (χ3n) is 19.1. The first-order chi connectivity index (χ1) is 60.4. The maximum absolute atomic E-state index is 14.1. The number of H-pyrrole nitrogens is 2. The summed E-state index contributed by atoms with van der Waals surface area (Å²) in [6.07, 6.45) is 15.2. The van der Waals surface area contributed by atoms with Crippen molar-refractivity contribution < 1.29 is 79.1 Å². The van der Waals surface area contributed by atoms with Crippen LogP contribution < -0.4 is 49.3 Å². The summed E-state index contributed by atoms with van der Waals surface area (Å²) in [5, 5.41) is 45.6. The van der Waals surface area contributed by atoms with Gasteiger partial charge in [0, 0.05) is 132 Å². The van der Waals surface area contributed by atoms with Crippen molar-refractivity contribution in [3.05, 3.63) is 264 Å². The number of rotatable bonds is 37. The predicted octanol–water partition coefficient (Wildman–Crippen LogP) is 11.2. The maximum Gasteiger partial charge on any atom is 0.421 e. The summed E-state index contributed by atoms with van der Waals surface area (Å²) in [5.74, 6) is 0.604. The third kappa shape index (κ3) is 24.3. The number of hydrogen-bond donors (Lipinski definition) is 10. The van der Waals surface area contributed by atoms with Crippen molar-refractivity contribution in [2.24, 2.45) is 69.1 Å². The second kappa shape index (κ2) is 42.4. The number of benzene rings is 8. The molecule has 0 amide bonds. The van der Waals surface area contributed by atoms with Gasteiger partial charge in [0.05, 0.1) is 113 Å². The van der Waals surface area contributed by atoms with Gasteiger partial charge in [0.25, 0.3) is 0 Å². The topological polar surface area (TPSA) is 541 Å². The highest BCUT2D eigenvalue weighted by Crippen LogP contribution is 2.38. The van der Waals surface area contributed by atoms with E-state index in [4.69, 9.17) is 0 Å². The molecule has 0 saturated carbocycles. The zero-order valence-electron chi connectivity index (χ0n) is 68.1. The van der Waals surface area contributed by atoms with Crippen LogP contribution in [-0.4, -0.2) is 158 Å². The van der Waals surface area contributed by atoms with Crippen molar-refractivity contribution >= 4 is 143 Å². The van der Waals surface area contributed by atoms with E-state index < -0.39 is 50.5 Å². The van der Waals surface area contributed by atoms with Crippen LogP contribution in [0, 0.1) is 0 Å². The Kier molecular flexibility index (Phi) is 31.4. The van der Waals surface area contributed by atoms with Gasteiger partial charge in [-0.05, 0) is 147 Å². The first kappa shape index (κ1) is 94.1. The van der Waals surface area contributed by atoms with E-state index in [1.54, 1.807) is 122 Å². The van der Waals surface area contributed by atoms with Crippen molar-refractivity contribution in [1.29, 1.82) is 0 Å². The molecule has 12 aromatic rings. The number of ketones is 4. The first-order valence-corrected chi connectivity index (χ1v) is 45.9. The van der Waals surface area contributed by atoms with E-state index in [1.807, 2.05) is 71.2 Å². The van der Waals surface area contributed by atoms with Gasteiger partial charge >= 0.3 is 11.9 Å². The van der Waals surface area contributed by atoms with Crippen molar-refractivity contribution in [3.8, 4) is 0 Å². The zero-order chi connectivity index (χ0) is 89.8. The molecule has 2 aliphatic rings. The lowest BCUT2D eigenvalue weighted by atomic mass is 9.82. The molecule has 0 spiro atoms. The minimum atomic E-state index is -4.41. The SMILES string of the molecule is C.COS(=O)(=O)[O-].Cn1cc[n+](C)c1N=Nc1ccc(S(=O)(=O)NCCCNc2cccc3c2C(=O)c2c(NCCCNS(=O)(=O)c4ccc(N=Nc5n(C)cc[n+]5C)cc4)cccc2C3=O)cc1.O=C1c2cccc(NCCCNS(=O)(=O)c3ccc(N=Nc4ncc[nH]4)cc3)c2C(=O)c2c(NCCCNS(=O)(=O)c3ccc(N=Nc4ncc[nH]4)cc3)cccc21. The van der Waals surface area contributed by atoms with Crippen molar-refractivity contribution in [2.75, 3.05) is 80.7 Å². The number of aromatic amines is 2. The molecular weight excluding hydrogens is 1740 g/mol. The number of aryl methyl sites for hydroxylation is 4. The monoisotopic (exact) mass is 1830 g/mol. The molecule has 14 rings (SSSR count). The van der Waals surface area contributed by atoms with Gasteiger partial charge in [-0.2, -0.15) is 0 Å². The summed E-state index contributed by atoms with van der Waals surface area (Å²) in [5.41, 5.74) is 5.66. The number of aromatic nitrogens is 8. The highest BCUT2D eigenvalue weighted by atomic mass is 32.3. The molecule has 0 atom stereocenters. The molecule has 45 heteroatoms. The number of imidazole rings is 4. The fraction of sp³-hybridized carbons (Fsp3) is 0.220. The second-order valence-electron chi connectivity index (χ2n) is 27.8. The molecule has 10 N–H and O–H groups in total. The van der Waals surface area contributed by atoms with Crippen LogP contribution in [0.4, 0.5) is 69.3 Å². The van der Waals surface area contributed by atoms with Gasteiger partial charge in [-0.1, -0.05) is 66.2 Å². The maximum atomic E-state index is 14.1. The van der Waals surface area contributed by atoms with Crippen LogP contribution in [0.2, 0.25) is 0 Å². The Morgan fingerprint density at radius 1 is 0.370 bits per heavy atom. The molecule has 662 valence electrons. The lowest BCUT2D eigenvalue weighted by Crippen LogP contribution is -2.27. The molecule has 0 aliphatic heterocycles. The summed E-state index contributed by atoms with van der Waals surface area (Å²) in [6.45, 7) is 1.66. The average Bonchev–Trinajstić information content (AvgIpc) is 1.22. The molecule has 4 aromatic heterocycles. The molecule has 0 bridgehead atoms. The van der Waals surface area contributed by atoms with E-state index in [9.17, 15) is 65.8 Å². The normalized spacial score (nSPS) is 12.7. The molecule has 0 fully saturated rings. The Morgan fingerprint density at radius 2 is 0.622 bits per heavy atom. The fourth-order valence-corrected chi connectivity index (χ4v) is 17.0. The van der Waals surface area contributed by atoms with E-state index in [1.165, 1.54) is 72.8 Å². The molecule has 2 aliphatic carbocycles. The van der Waals surface area contributed by atoms with Gasteiger partial charge in [0.2, 0.25) is 62.4 Å². The van der Waals surface area contributed by atoms with Crippen molar-refractivity contribution in [2.45, 2.75) is 52.7 Å². The van der Waals surface area contributed by atoms with Gasteiger partial charge in [-0.15, -0.1) is 20.5 Å². The largest absolute Gasteiger partial charge is 0.726 e. The summed E-state index contributed by atoms with van der Waals surface area (Å²) in [7, 11) is -11.4. The summed E-state index contributed by atoms with van der Waals surface area (Å²) in [6, 6.07) is 44.0. The molecule has 0 radical (unpaired) electrons. The number of azo groups is 4. The van der Waals surface area contributed by atoms with Crippen LogP contribution in [0.1, 0.15) is 96.8 Å². The Hall–Kier alpha value is -13.6. The van der Waals surface area contributed by atoms with Crippen molar-refractivity contribution in [3.63, 3.8) is 0 Å². The average molecular weight is 1830 g/mol. The molecule has 8 aromatic carbocycles. The Balaban J connectivity index is 0.000000230. The van der Waals surface area contributed by atoms with Crippen LogP contribution in [0.25, 0.3) is 0 Å². The standard InChI is InChI=1S/C42H45N12O6S2.C38H36N12O6S2.CH4O4S.CH4/c1-51-25-26-52(2)41(51)49-47-29-13-17-31(18-14-29)61(57,58)45-23-7-21-43-35-11-5-9-33-37(35)40(56)38-34(39(33)55)10-6-12-36(38)44-22-8-24-46-62(59,60)32-19-15-30(16-20-32)48-50-42-53(3)27-28-54(42)4;51-35-29-5-1-7-31(39-17-3-19-45-57(53,54)27-13-9-25(10-14-27)47-49-37-41-21-22-42-37)33(29)36(52)34-30(35)6-2-8-32(34)40-18-4-20-46-58(55,56)28-15-11-26(12-16-28)48-50-38-43-23-24-44-38;1-5-6(2,3)4;/h5-6,9-20,25-28,45-46H,7-8,21-24H2,1-4H3,(H-,43,44,56);1-2,5-16,21-24,39-40,45-46H,3-4,17-20H2,(H,41,42)(H,43,44);1H3,(H,2,3,4);1H4/q+1;;;. The minimum absolute atomic E-state index is 0. The molecule has 4 heterocycles. The summed E-state index contributed by atoms with van der Waals surface area (Å²) >= 11 is 0. The minimum Gasteiger partial charge on any atom is -0.726 e. The molecule has 0 unspecified atom stereocenters. The van der Waals surface area contributed by atoms with Gasteiger partial charge in [0.1, 0.15) is 11.4 Å². The van der Waals surface area contributed by atoms with E-state index in [2.05, 4.69) is 105 Å². The first-order valence-electron chi connectivity index (χ1n) is 38.6. The third-order valence-corrected chi connectivity index (χ3v) is 25.4. The number of sulfonamides is 4. The number of carbonyl (C=O) groups is 4. The van der Waals surface area contributed by atoms with Crippen LogP contribution in [-0.2, 0) is 82.9 Å². The van der Waals surface area contributed by atoms with Gasteiger partial charge < -0.3 is 35.8 Å². The summed E-state index contributed by atoms with van der Waals surface area (Å²) < 4.78 is 152.